The van der Waals surface area contributed by atoms with Gasteiger partial charge in [0.2, 0.25) is 0 Å². The summed E-state index contributed by atoms with van der Waals surface area (Å²) >= 11 is 0. The number of unbranched alkanes of at least 4 members (excludes halogenated alkanes) is 7. The van der Waals surface area contributed by atoms with E-state index >= 15 is 0 Å². The number of carbonyl (C=O) groups is 1. The molecular formula is C23H38O3. The van der Waals surface area contributed by atoms with Crippen LogP contribution < -0.4 is 4.74 Å². The van der Waals surface area contributed by atoms with Gasteiger partial charge in [-0.2, -0.15) is 0 Å². The Bertz CT molecular complexity index is 522. The maximum atomic E-state index is 11.1. The van der Waals surface area contributed by atoms with Gasteiger partial charge in [0.05, 0.1) is 0 Å². The lowest BCUT2D eigenvalue weighted by Gasteiger charge is -2.18. The van der Waals surface area contributed by atoms with Crippen LogP contribution in [0.2, 0.25) is 0 Å². The van der Waals surface area contributed by atoms with Crippen LogP contribution in [0, 0.1) is 0 Å². The maximum Gasteiger partial charge on any atom is 0.511 e. The van der Waals surface area contributed by atoms with E-state index in [0.717, 1.165) is 31.2 Å². The number of hydrogen-bond donors (Lipinski definition) is 1. The molecule has 0 saturated carbocycles. The summed E-state index contributed by atoms with van der Waals surface area (Å²) in [6.45, 7) is 6.66. The van der Waals surface area contributed by atoms with Gasteiger partial charge in [0.25, 0.3) is 0 Å². The Morgan fingerprint density at radius 1 is 0.769 bits per heavy atom. The van der Waals surface area contributed by atoms with Gasteiger partial charge in [-0.1, -0.05) is 71.8 Å². The molecule has 1 rings (SSSR count). The molecule has 0 aliphatic rings. The van der Waals surface area contributed by atoms with E-state index in [4.69, 9.17) is 9.84 Å². The molecule has 1 aromatic rings. The summed E-state index contributed by atoms with van der Waals surface area (Å²) in [5, 5.41) is 9.13. The molecule has 0 atom stereocenters. The molecule has 3 heteroatoms. The molecule has 0 radical (unpaired) electrons. The summed E-state index contributed by atoms with van der Waals surface area (Å²) in [4.78, 5) is 11.1. The van der Waals surface area contributed by atoms with Crippen molar-refractivity contribution in [1.82, 2.24) is 0 Å². The molecule has 0 aliphatic heterocycles. The maximum absolute atomic E-state index is 11.1. The lowest BCUT2D eigenvalue weighted by Crippen LogP contribution is -2.09. The van der Waals surface area contributed by atoms with Gasteiger partial charge in [-0.05, 0) is 61.3 Å². The molecule has 0 saturated heterocycles. The van der Waals surface area contributed by atoms with E-state index in [1.807, 2.05) is 6.07 Å². The minimum absolute atomic E-state index is 0.555. The summed E-state index contributed by atoms with van der Waals surface area (Å²) in [7, 11) is 0. The topological polar surface area (TPSA) is 46.5 Å². The molecule has 26 heavy (non-hydrogen) atoms. The van der Waals surface area contributed by atoms with Crippen molar-refractivity contribution in [3.8, 4) is 5.75 Å². The van der Waals surface area contributed by atoms with Crippen molar-refractivity contribution in [2.75, 3.05) is 0 Å². The molecule has 1 aromatic carbocycles. The number of benzene rings is 1. The molecule has 0 bridgehead atoms. The van der Waals surface area contributed by atoms with Crippen LogP contribution in [0.3, 0.4) is 0 Å². The highest BCUT2D eigenvalue weighted by molar-refractivity contribution is 5.63. The third-order valence-corrected chi connectivity index (χ3v) is 5.04. The smallest absolute Gasteiger partial charge is 0.449 e. The number of rotatable bonds is 14. The van der Waals surface area contributed by atoms with Crippen LogP contribution in [-0.4, -0.2) is 11.3 Å². The SMILES string of the molecule is CCCCCCc1c(CCCC)ccc(OC(=O)O)c1CCCCCC. The average molecular weight is 363 g/mol. The molecule has 0 aliphatic carbocycles. The standard InChI is InChI=1S/C23H38O3/c1-4-7-10-12-15-20-19(14-9-6-3)17-18-22(26-23(24)25)21(20)16-13-11-8-5-2/h17-18H,4-16H2,1-3H3,(H,24,25). The first-order valence-corrected chi connectivity index (χ1v) is 10.7. The zero-order valence-electron chi connectivity index (χ0n) is 17.1. The molecule has 0 amide bonds. The number of ether oxygens (including phenoxy) is 1. The van der Waals surface area contributed by atoms with Gasteiger partial charge in [-0.15, -0.1) is 0 Å². The second-order valence-corrected chi connectivity index (χ2v) is 7.27. The molecule has 148 valence electrons. The average Bonchev–Trinajstić information content (AvgIpc) is 2.62. The molecular weight excluding hydrogens is 324 g/mol. The lowest BCUT2D eigenvalue weighted by atomic mass is 9.89. The number of hydrogen-bond acceptors (Lipinski definition) is 2. The van der Waals surface area contributed by atoms with E-state index in [2.05, 4.69) is 26.8 Å². The zero-order chi connectivity index (χ0) is 19.2. The fraction of sp³-hybridized carbons (Fsp3) is 0.696. The van der Waals surface area contributed by atoms with Crippen molar-refractivity contribution in [2.24, 2.45) is 0 Å². The first kappa shape index (κ1) is 22.5. The second kappa shape index (κ2) is 13.7. The van der Waals surface area contributed by atoms with Gasteiger partial charge in [0, 0.05) is 0 Å². The van der Waals surface area contributed by atoms with Crippen molar-refractivity contribution >= 4 is 6.16 Å². The van der Waals surface area contributed by atoms with Gasteiger partial charge >= 0.3 is 6.16 Å². The van der Waals surface area contributed by atoms with Gasteiger partial charge in [0.1, 0.15) is 5.75 Å². The first-order valence-electron chi connectivity index (χ1n) is 10.7. The molecule has 0 heterocycles. The van der Waals surface area contributed by atoms with Crippen molar-refractivity contribution in [3.05, 3.63) is 28.8 Å². The second-order valence-electron chi connectivity index (χ2n) is 7.27. The summed E-state index contributed by atoms with van der Waals surface area (Å²) in [6, 6.07) is 3.97. The molecule has 0 aromatic heterocycles. The lowest BCUT2D eigenvalue weighted by molar-refractivity contribution is 0.144. The minimum atomic E-state index is -1.21. The highest BCUT2D eigenvalue weighted by atomic mass is 16.7. The number of carboxylic acid groups (broad SMARTS) is 1. The van der Waals surface area contributed by atoms with Crippen molar-refractivity contribution in [1.29, 1.82) is 0 Å². The summed E-state index contributed by atoms with van der Waals surface area (Å²) in [5.41, 5.74) is 3.91. The summed E-state index contributed by atoms with van der Waals surface area (Å²) in [6.07, 6.45) is 13.8. The van der Waals surface area contributed by atoms with E-state index in [-0.39, 0.29) is 0 Å². The van der Waals surface area contributed by atoms with Crippen molar-refractivity contribution < 1.29 is 14.6 Å². The summed E-state index contributed by atoms with van der Waals surface area (Å²) in [5.74, 6) is 0.555. The van der Waals surface area contributed by atoms with E-state index in [1.54, 1.807) is 0 Å². The zero-order valence-corrected chi connectivity index (χ0v) is 17.1. The normalized spacial score (nSPS) is 10.9. The van der Waals surface area contributed by atoms with Crippen molar-refractivity contribution in [3.63, 3.8) is 0 Å². The van der Waals surface area contributed by atoms with Crippen LogP contribution in [-0.2, 0) is 19.3 Å². The van der Waals surface area contributed by atoms with Crippen LogP contribution >= 0.6 is 0 Å². The first-order chi connectivity index (χ1) is 12.6. The largest absolute Gasteiger partial charge is 0.511 e. The van der Waals surface area contributed by atoms with Crippen LogP contribution in [0.5, 0.6) is 5.75 Å². The summed E-state index contributed by atoms with van der Waals surface area (Å²) < 4.78 is 5.15. The Kier molecular flexibility index (Phi) is 11.8. The fourth-order valence-electron chi connectivity index (χ4n) is 3.55. The van der Waals surface area contributed by atoms with E-state index in [0.29, 0.717) is 5.75 Å². The van der Waals surface area contributed by atoms with Crippen LogP contribution in [0.1, 0.15) is 102 Å². The van der Waals surface area contributed by atoms with Gasteiger partial charge in [0.15, 0.2) is 0 Å². The Morgan fingerprint density at radius 2 is 1.35 bits per heavy atom. The fourth-order valence-corrected chi connectivity index (χ4v) is 3.55. The van der Waals surface area contributed by atoms with Crippen molar-refractivity contribution in [2.45, 2.75) is 104 Å². The van der Waals surface area contributed by atoms with Crippen LogP contribution in [0.4, 0.5) is 4.79 Å². The van der Waals surface area contributed by atoms with E-state index < -0.39 is 6.16 Å². The predicted molar refractivity (Wildman–Crippen MR) is 109 cm³/mol. The molecule has 0 unspecified atom stereocenters. The molecule has 0 fully saturated rings. The van der Waals surface area contributed by atoms with Crippen LogP contribution in [0.15, 0.2) is 12.1 Å². The third kappa shape index (κ3) is 8.25. The Balaban J connectivity index is 3.07. The Hall–Kier alpha value is -1.51. The molecule has 0 spiro atoms. The quantitative estimate of drug-likeness (QED) is 0.214. The number of aryl methyl sites for hydroxylation is 1. The highest BCUT2D eigenvalue weighted by Crippen LogP contribution is 2.30. The van der Waals surface area contributed by atoms with E-state index in [9.17, 15) is 4.79 Å². The highest BCUT2D eigenvalue weighted by Gasteiger charge is 2.16. The monoisotopic (exact) mass is 362 g/mol. The molecule has 3 nitrogen and oxygen atoms in total. The van der Waals surface area contributed by atoms with Gasteiger partial charge < -0.3 is 9.84 Å². The minimum Gasteiger partial charge on any atom is -0.449 e. The Morgan fingerprint density at radius 3 is 1.88 bits per heavy atom. The van der Waals surface area contributed by atoms with Crippen LogP contribution in [0.25, 0.3) is 0 Å². The Labute approximate surface area is 160 Å². The molecule has 1 N–H and O–H groups in total. The van der Waals surface area contributed by atoms with Gasteiger partial charge in [-0.3, -0.25) is 0 Å². The predicted octanol–water partition coefficient (Wildman–Crippen LogP) is 7.33. The third-order valence-electron chi connectivity index (χ3n) is 5.04. The van der Waals surface area contributed by atoms with Gasteiger partial charge in [-0.25, -0.2) is 4.79 Å². The van der Waals surface area contributed by atoms with E-state index in [1.165, 1.54) is 68.9 Å².